The molecular weight excluding hydrogens is 282 g/mol. The lowest BCUT2D eigenvalue weighted by atomic mass is 9.69. The Morgan fingerprint density at radius 2 is 1.67 bits per heavy atom. The Kier molecular flexibility index (Phi) is 5.99. The second-order valence-corrected chi connectivity index (χ2v) is 8.57. The van der Waals surface area contributed by atoms with E-state index in [-0.39, 0.29) is 5.92 Å². The molecular formula is C18H32ClNO. The molecule has 0 aromatic heterocycles. The van der Waals surface area contributed by atoms with E-state index in [0.29, 0.717) is 23.2 Å². The first-order valence-corrected chi connectivity index (χ1v) is 9.29. The molecule has 0 heterocycles. The van der Waals surface area contributed by atoms with Crippen LogP contribution in [0.2, 0.25) is 0 Å². The maximum absolute atomic E-state index is 12.4. The summed E-state index contributed by atoms with van der Waals surface area (Å²) in [6.45, 7) is 7.81. The minimum Gasteiger partial charge on any atom is -0.356 e. The molecule has 21 heavy (non-hydrogen) atoms. The van der Waals surface area contributed by atoms with Crippen molar-refractivity contribution in [1.29, 1.82) is 0 Å². The van der Waals surface area contributed by atoms with Crippen LogP contribution in [-0.2, 0) is 4.79 Å². The molecule has 2 rings (SSSR count). The maximum Gasteiger partial charge on any atom is 0.223 e. The lowest BCUT2D eigenvalue weighted by Gasteiger charge is -2.36. The largest absolute Gasteiger partial charge is 0.356 e. The molecule has 2 fully saturated rings. The zero-order valence-corrected chi connectivity index (χ0v) is 14.7. The summed E-state index contributed by atoms with van der Waals surface area (Å²) in [7, 11) is 0. The van der Waals surface area contributed by atoms with Crippen molar-refractivity contribution in [2.75, 3.05) is 12.4 Å². The highest BCUT2D eigenvalue weighted by Crippen LogP contribution is 2.40. The van der Waals surface area contributed by atoms with Crippen LogP contribution in [0, 0.1) is 29.1 Å². The molecule has 2 saturated carbocycles. The van der Waals surface area contributed by atoms with Crippen LogP contribution in [-0.4, -0.2) is 18.3 Å². The van der Waals surface area contributed by atoms with E-state index in [1.807, 2.05) is 0 Å². The van der Waals surface area contributed by atoms with Gasteiger partial charge in [-0.2, -0.15) is 0 Å². The van der Waals surface area contributed by atoms with Crippen LogP contribution in [0.5, 0.6) is 0 Å². The minimum atomic E-state index is 0.249. The monoisotopic (exact) mass is 313 g/mol. The predicted octanol–water partition coefficient (Wildman–Crippen LogP) is 4.61. The van der Waals surface area contributed by atoms with Gasteiger partial charge in [-0.1, -0.05) is 27.2 Å². The van der Waals surface area contributed by atoms with Gasteiger partial charge < -0.3 is 5.32 Å². The number of carbonyl (C=O) groups is 1. The van der Waals surface area contributed by atoms with Crippen LogP contribution in [0.15, 0.2) is 0 Å². The third kappa shape index (κ3) is 4.61. The number of rotatable bonds is 4. The molecule has 122 valence electrons. The molecule has 1 N–H and O–H groups in total. The lowest BCUT2D eigenvalue weighted by Crippen LogP contribution is -2.38. The highest BCUT2D eigenvalue weighted by Gasteiger charge is 2.33. The molecule has 1 amide bonds. The summed E-state index contributed by atoms with van der Waals surface area (Å²) >= 11 is 6.01. The highest BCUT2D eigenvalue weighted by molar-refractivity contribution is 6.18. The average molecular weight is 314 g/mol. The third-order valence-electron chi connectivity index (χ3n) is 5.88. The van der Waals surface area contributed by atoms with Crippen LogP contribution in [0.4, 0.5) is 0 Å². The fraction of sp³-hybridized carbons (Fsp3) is 0.944. The first kappa shape index (κ1) is 17.1. The molecule has 2 aliphatic carbocycles. The molecule has 2 aliphatic rings. The second-order valence-electron chi connectivity index (χ2n) is 8.27. The van der Waals surface area contributed by atoms with Gasteiger partial charge in [0.1, 0.15) is 0 Å². The van der Waals surface area contributed by atoms with Crippen molar-refractivity contribution >= 4 is 17.5 Å². The van der Waals surface area contributed by atoms with Gasteiger partial charge in [0.15, 0.2) is 0 Å². The van der Waals surface area contributed by atoms with E-state index in [1.165, 1.54) is 32.1 Å². The Labute approximate surface area is 135 Å². The van der Waals surface area contributed by atoms with Crippen molar-refractivity contribution in [2.45, 2.75) is 65.7 Å². The molecule has 0 spiro atoms. The molecule has 0 saturated heterocycles. The van der Waals surface area contributed by atoms with E-state index >= 15 is 0 Å². The summed E-state index contributed by atoms with van der Waals surface area (Å²) < 4.78 is 0. The van der Waals surface area contributed by atoms with Crippen LogP contribution in [0.1, 0.15) is 65.7 Å². The minimum absolute atomic E-state index is 0.249. The molecule has 2 nitrogen and oxygen atoms in total. The predicted molar refractivity (Wildman–Crippen MR) is 89.5 cm³/mol. The van der Waals surface area contributed by atoms with Gasteiger partial charge in [0, 0.05) is 18.3 Å². The van der Waals surface area contributed by atoms with Crippen LogP contribution in [0.3, 0.4) is 0 Å². The molecule has 0 aliphatic heterocycles. The van der Waals surface area contributed by atoms with Gasteiger partial charge in [-0.05, 0) is 61.7 Å². The molecule has 2 atom stereocenters. The number of carbonyl (C=O) groups excluding carboxylic acids is 1. The number of halogens is 1. The van der Waals surface area contributed by atoms with Crippen molar-refractivity contribution in [3.8, 4) is 0 Å². The lowest BCUT2D eigenvalue weighted by molar-refractivity contribution is -0.126. The van der Waals surface area contributed by atoms with Crippen molar-refractivity contribution in [1.82, 2.24) is 5.32 Å². The Morgan fingerprint density at radius 1 is 1.05 bits per heavy atom. The zero-order valence-electron chi connectivity index (χ0n) is 14.0. The van der Waals surface area contributed by atoms with Crippen molar-refractivity contribution < 1.29 is 4.79 Å². The normalized spacial score (nSPS) is 33.9. The zero-order chi connectivity index (χ0) is 15.5. The highest BCUT2D eigenvalue weighted by atomic mass is 35.5. The van der Waals surface area contributed by atoms with Crippen molar-refractivity contribution in [3.05, 3.63) is 0 Å². The van der Waals surface area contributed by atoms with Gasteiger partial charge in [-0.25, -0.2) is 0 Å². The number of hydrogen-bond acceptors (Lipinski definition) is 1. The van der Waals surface area contributed by atoms with Gasteiger partial charge in [0.25, 0.3) is 0 Å². The van der Waals surface area contributed by atoms with E-state index in [9.17, 15) is 4.79 Å². The second kappa shape index (κ2) is 7.35. The van der Waals surface area contributed by atoms with Crippen LogP contribution in [0.25, 0.3) is 0 Å². The maximum atomic E-state index is 12.4. The molecule has 3 heteroatoms. The summed E-state index contributed by atoms with van der Waals surface area (Å²) in [5.41, 5.74) is 0.388. The standard InChI is InChI=1S/C18H32ClNO/c1-18(2,3)16-9-7-13(8-10-16)17(21)20-12-15-6-4-5-14(15)11-19/h13-16H,4-12H2,1-3H3,(H,20,21). The molecule has 0 aromatic rings. The first-order chi connectivity index (χ1) is 9.91. The average Bonchev–Trinajstić information content (AvgIpc) is 2.91. The van der Waals surface area contributed by atoms with Crippen molar-refractivity contribution in [2.24, 2.45) is 29.1 Å². The van der Waals surface area contributed by atoms with E-state index in [4.69, 9.17) is 11.6 Å². The van der Waals surface area contributed by atoms with Gasteiger partial charge in [-0.15, -0.1) is 11.6 Å². The number of amides is 1. The Bertz CT molecular complexity index is 342. The fourth-order valence-corrected chi connectivity index (χ4v) is 4.59. The molecule has 0 bridgehead atoms. The smallest absolute Gasteiger partial charge is 0.223 e. The molecule has 2 unspecified atom stereocenters. The number of hydrogen-bond donors (Lipinski definition) is 1. The van der Waals surface area contributed by atoms with E-state index < -0.39 is 0 Å². The first-order valence-electron chi connectivity index (χ1n) is 8.75. The summed E-state index contributed by atoms with van der Waals surface area (Å²) in [6, 6.07) is 0. The summed E-state index contributed by atoms with van der Waals surface area (Å²) in [5.74, 6) is 3.29. The van der Waals surface area contributed by atoms with Crippen LogP contribution < -0.4 is 5.32 Å². The van der Waals surface area contributed by atoms with Gasteiger partial charge in [0.05, 0.1) is 0 Å². The Morgan fingerprint density at radius 3 is 2.24 bits per heavy atom. The quantitative estimate of drug-likeness (QED) is 0.754. The molecule has 0 aromatic carbocycles. The van der Waals surface area contributed by atoms with Crippen LogP contribution >= 0.6 is 11.6 Å². The number of nitrogens with one attached hydrogen (secondary N) is 1. The topological polar surface area (TPSA) is 29.1 Å². The molecule has 0 radical (unpaired) electrons. The van der Waals surface area contributed by atoms with Crippen molar-refractivity contribution in [3.63, 3.8) is 0 Å². The van der Waals surface area contributed by atoms with E-state index in [1.54, 1.807) is 0 Å². The van der Waals surface area contributed by atoms with Gasteiger partial charge >= 0.3 is 0 Å². The Hall–Kier alpha value is -0.240. The van der Waals surface area contributed by atoms with E-state index in [2.05, 4.69) is 26.1 Å². The van der Waals surface area contributed by atoms with E-state index in [0.717, 1.165) is 31.2 Å². The van der Waals surface area contributed by atoms with Gasteiger partial charge in [-0.3, -0.25) is 4.79 Å². The fourth-order valence-electron chi connectivity index (χ4n) is 4.18. The third-order valence-corrected chi connectivity index (χ3v) is 6.27. The SMILES string of the molecule is CC(C)(C)C1CCC(C(=O)NCC2CCCC2CCl)CC1. The number of alkyl halides is 1. The summed E-state index contributed by atoms with van der Waals surface area (Å²) in [6.07, 6.45) is 8.28. The summed E-state index contributed by atoms with van der Waals surface area (Å²) in [4.78, 5) is 12.4. The van der Waals surface area contributed by atoms with Gasteiger partial charge in [0.2, 0.25) is 5.91 Å². The Balaban J connectivity index is 1.73. The summed E-state index contributed by atoms with van der Waals surface area (Å²) in [5, 5.41) is 3.21.